The number of pyridine rings is 1. The highest BCUT2D eigenvalue weighted by Crippen LogP contribution is 2.41. The Balaban J connectivity index is 1.96. The Hall–Kier alpha value is -3.48. The molecule has 0 radical (unpaired) electrons. The first-order valence-electron chi connectivity index (χ1n) is 10.3. The molecule has 1 N–H and O–H groups in total. The Morgan fingerprint density at radius 2 is 1.77 bits per heavy atom. The maximum Gasteiger partial charge on any atom is 0.254 e. The minimum atomic E-state index is -0.518. The number of fused-ring (bicyclic) bond motifs is 2. The zero-order valence-corrected chi connectivity index (χ0v) is 18.2. The van der Waals surface area contributed by atoms with E-state index in [1.54, 1.807) is 32.3 Å². The van der Waals surface area contributed by atoms with Crippen LogP contribution in [0.5, 0.6) is 17.2 Å². The molecule has 4 rings (SSSR count). The average Bonchev–Trinajstić information content (AvgIpc) is 2.81. The molecule has 0 saturated carbocycles. The summed E-state index contributed by atoms with van der Waals surface area (Å²) in [4.78, 5) is 30.7. The van der Waals surface area contributed by atoms with Crippen LogP contribution in [0.25, 0.3) is 10.9 Å². The normalized spacial score (nSPS) is 15.5. The third-order valence-electron chi connectivity index (χ3n) is 5.87. The molecule has 162 valence electrons. The van der Waals surface area contributed by atoms with E-state index in [0.717, 1.165) is 16.5 Å². The van der Waals surface area contributed by atoms with E-state index in [1.165, 1.54) is 0 Å². The summed E-state index contributed by atoms with van der Waals surface area (Å²) in [7, 11) is 4.78. The van der Waals surface area contributed by atoms with E-state index in [9.17, 15) is 9.59 Å². The molecule has 31 heavy (non-hydrogen) atoms. The molecule has 1 aromatic heterocycles. The molecule has 3 aromatic rings. The van der Waals surface area contributed by atoms with Gasteiger partial charge in [0.25, 0.3) is 5.56 Å². The Kier molecular flexibility index (Phi) is 5.59. The van der Waals surface area contributed by atoms with Gasteiger partial charge >= 0.3 is 0 Å². The number of carbonyl (C=O) groups is 1. The average molecular weight is 422 g/mol. The number of aromatic nitrogens is 1. The number of nitrogens with zero attached hydrogens (tertiary/aromatic N) is 1. The molecule has 0 aliphatic carbocycles. The maximum atomic E-state index is 13.2. The lowest BCUT2D eigenvalue weighted by Gasteiger charge is -2.37. The number of hydrogen-bond acceptors (Lipinski definition) is 5. The molecule has 0 bridgehead atoms. The fraction of sp³-hybridized carbons (Fsp3) is 0.333. The second-order valence-electron chi connectivity index (χ2n) is 7.51. The predicted octanol–water partition coefficient (Wildman–Crippen LogP) is 3.44. The number of carbonyl (C=O) groups excluding carboxylic acids is 1. The molecule has 2 aromatic carbocycles. The summed E-state index contributed by atoms with van der Waals surface area (Å²) in [6.45, 7) is 2.36. The zero-order valence-electron chi connectivity index (χ0n) is 18.2. The van der Waals surface area contributed by atoms with Crippen molar-refractivity contribution in [3.05, 3.63) is 63.4 Å². The van der Waals surface area contributed by atoms with E-state index in [2.05, 4.69) is 4.98 Å². The molecule has 1 atom stereocenters. The van der Waals surface area contributed by atoms with Crippen molar-refractivity contribution >= 4 is 16.8 Å². The summed E-state index contributed by atoms with van der Waals surface area (Å²) in [5.41, 5.74) is 2.91. The van der Waals surface area contributed by atoms with Gasteiger partial charge in [0.1, 0.15) is 5.75 Å². The number of benzene rings is 2. The van der Waals surface area contributed by atoms with Gasteiger partial charge < -0.3 is 24.1 Å². The number of amides is 1. The van der Waals surface area contributed by atoms with Crippen molar-refractivity contribution < 1.29 is 19.0 Å². The first-order chi connectivity index (χ1) is 15.0. The highest BCUT2D eigenvalue weighted by atomic mass is 16.5. The number of H-pyrrole nitrogens is 1. The van der Waals surface area contributed by atoms with E-state index >= 15 is 0 Å². The maximum absolute atomic E-state index is 13.2. The Morgan fingerprint density at radius 3 is 2.45 bits per heavy atom. The number of nitrogens with one attached hydrogen (secondary N) is 1. The summed E-state index contributed by atoms with van der Waals surface area (Å²) >= 11 is 0. The van der Waals surface area contributed by atoms with Crippen molar-refractivity contribution in [2.45, 2.75) is 25.8 Å². The van der Waals surface area contributed by atoms with Gasteiger partial charge in [-0.15, -0.1) is 0 Å². The van der Waals surface area contributed by atoms with E-state index in [0.29, 0.717) is 47.7 Å². The van der Waals surface area contributed by atoms with Crippen molar-refractivity contribution in [3.8, 4) is 17.2 Å². The van der Waals surface area contributed by atoms with Crippen LogP contribution in [-0.4, -0.2) is 43.7 Å². The second-order valence-corrected chi connectivity index (χ2v) is 7.51. The van der Waals surface area contributed by atoms with Crippen LogP contribution in [0.1, 0.15) is 36.1 Å². The van der Waals surface area contributed by atoms with Crippen molar-refractivity contribution in [1.29, 1.82) is 0 Å². The van der Waals surface area contributed by atoms with Gasteiger partial charge in [-0.2, -0.15) is 0 Å². The lowest BCUT2D eigenvalue weighted by Crippen LogP contribution is -2.42. The van der Waals surface area contributed by atoms with Crippen LogP contribution in [0.15, 0.2) is 41.2 Å². The Bertz CT molecular complexity index is 1200. The van der Waals surface area contributed by atoms with Gasteiger partial charge in [-0.25, -0.2) is 0 Å². The topological polar surface area (TPSA) is 80.9 Å². The first-order valence-corrected chi connectivity index (χ1v) is 10.3. The Labute approximate surface area is 180 Å². The molecule has 0 spiro atoms. The highest BCUT2D eigenvalue weighted by Gasteiger charge is 2.34. The quantitative estimate of drug-likeness (QED) is 0.681. The SMILES string of the molecule is CCC(=O)N1CCc2cc(OC)c(OC)cc2[C@@H]1c1cc2cc(OC)ccc2[nH]c1=O. The van der Waals surface area contributed by atoms with Crippen LogP contribution in [0.2, 0.25) is 0 Å². The molecule has 1 aliphatic rings. The fourth-order valence-corrected chi connectivity index (χ4v) is 4.28. The van der Waals surface area contributed by atoms with Crippen LogP contribution in [-0.2, 0) is 11.2 Å². The first kappa shape index (κ1) is 20.8. The third-order valence-corrected chi connectivity index (χ3v) is 5.87. The van der Waals surface area contributed by atoms with Crippen molar-refractivity contribution in [2.75, 3.05) is 27.9 Å². The number of rotatable bonds is 5. The summed E-state index contributed by atoms with van der Waals surface area (Å²) in [5.74, 6) is 1.89. The molecule has 0 unspecified atom stereocenters. The Morgan fingerprint density at radius 1 is 1.03 bits per heavy atom. The van der Waals surface area contributed by atoms with E-state index in [1.807, 2.05) is 37.3 Å². The molecule has 0 saturated heterocycles. The molecule has 0 fully saturated rings. The minimum Gasteiger partial charge on any atom is -0.497 e. The van der Waals surface area contributed by atoms with Gasteiger partial charge in [-0.05, 0) is 53.9 Å². The van der Waals surface area contributed by atoms with Gasteiger partial charge in [0.05, 0.1) is 27.4 Å². The number of methoxy groups -OCH3 is 3. The van der Waals surface area contributed by atoms with Crippen LogP contribution >= 0.6 is 0 Å². The number of ether oxygens (including phenoxy) is 3. The van der Waals surface area contributed by atoms with Crippen LogP contribution in [0.4, 0.5) is 0 Å². The monoisotopic (exact) mass is 422 g/mol. The fourth-order valence-electron chi connectivity index (χ4n) is 4.28. The molecular formula is C24H26N2O5. The van der Waals surface area contributed by atoms with Gasteiger partial charge in [0.2, 0.25) is 5.91 Å². The van der Waals surface area contributed by atoms with Crippen molar-refractivity contribution in [1.82, 2.24) is 9.88 Å². The van der Waals surface area contributed by atoms with E-state index in [-0.39, 0.29) is 11.5 Å². The minimum absolute atomic E-state index is 0.00410. The largest absolute Gasteiger partial charge is 0.497 e. The molecule has 2 heterocycles. The van der Waals surface area contributed by atoms with Gasteiger partial charge in [-0.3, -0.25) is 9.59 Å². The van der Waals surface area contributed by atoms with E-state index < -0.39 is 6.04 Å². The van der Waals surface area contributed by atoms with Crippen LogP contribution in [0.3, 0.4) is 0 Å². The molecule has 1 amide bonds. The lowest BCUT2D eigenvalue weighted by molar-refractivity contribution is -0.132. The highest BCUT2D eigenvalue weighted by molar-refractivity contribution is 5.82. The molecule has 7 nitrogen and oxygen atoms in total. The van der Waals surface area contributed by atoms with Crippen molar-refractivity contribution in [3.63, 3.8) is 0 Å². The number of hydrogen-bond donors (Lipinski definition) is 1. The zero-order chi connectivity index (χ0) is 22.1. The van der Waals surface area contributed by atoms with Gasteiger partial charge in [0.15, 0.2) is 11.5 Å². The third kappa shape index (κ3) is 3.60. The van der Waals surface area contributed by atoms with Gasteiger partial charge in [-0.1, -0.05) is 6.92 Å². The molecular weight excluding hydrogens is 396 g/mol. The molecule has 1 aliphatic heterocycles. The second kappa shape index (κ2) is 8.34. The van der Waals surface area contributed by atoms with Crippen molar-refractivity contribution in [2.24, 2.45) is 0 Å². The van der Waals surface area contributed by atoms with Crippen LogP contribution < -0.4 is 19.8 Å². The van der Waals surface area contributed by atoms with E-state index in [4.69, 9.17) is 14.2 Å². The van der Waals surface area contributed by atoms with Crippen LogP contribution in [0, 0.1) is 0 Å². The lowest BCUT2D eigenvalue weighted by atomic mass is 9.87. The number of aromatic amines is 1. The molecule has 7 heteroatoms. The summed E-state index contributed by atoms with van der Waals surface area (Å²) in [6, 6.07) is 10.6. The van der Waals surface area contributed by atoms with Gasteiger partial charge in [0, 0.05) is 29.4 Å². The predicted molar refractivity (Wildman–Crippen MR) is 118 cm³/mol. The summed E-state index contributed by atoms with van der Waals surface area (Å²) < 4.78 is 16.3. The summed E-state index contributed by atoms with van der Waals surface area (Å²) in [5, 5.41) is 0.838. The smallest absolute Gasteiger partial charge is 0.254 e. The summed E-state index contributed by atoms with van der Waals surface area (Å²) in [6.07, 6.45) is 1.04. The standard InChI is InChI=1S/C24H26N2O5/c1-5-22(27)26-9-8-14-12-20(30-3)21(31-4)13-17(14)23(26)18-11-15-10-16(29-2)6-7-19(15)25-24(18)28/h6-7,10-13,23H,5,8-9H2,1-4H3,(H,25,28)/t23-/m1/s1.